The maximum Gasteiger partial charge on any atom is 0.305 e. The summed E-state index contributed by atoms with van der Waals surface area (Å²) in [5.74, 6) is -0.0255. The average Bonchev–Trinajstić information content (AvgIpc) is 1.94. The molecule has 50 valence electrons. The van der Waals surface area contributed by atoms with Crippen LogP contribution in [0.2, 0.25) is 0 Å². The number of cyclic esters (lactones) is 1. The smallest absolute Gasteiger partial charge is 0.305 e. The van der Waals surface area contributed by atoms with Gasteiger partial charge in [0.05, 0.1) is 6.61 Å². The number of ether oxygens (including phenoxy) is 1. The first kappa shape index (κ1) is 9.27. The van der Waals surface area contributed by atoms with Crippen molar-refractivity contribution in [3.63, 3.8) is 0 Å². The molecule has 0 bridgehead atoms. The van der Waals surface area contributed by atoms with Crippen LogP contribution in [0.15, 0.2) is 0 Å². The maximum absolute atomic E-state index is 10.5. The number of hydrogen-bond acceptors (Lipinski definition) is 2. The molecule has 0 amide bonds. The van der Waals surface area contributed by atoms with Crippen molar-refractivity contribution in [2.45, 2.75) is 25.7 Å². The minimum Gasteiger partial charge on any atom is -0.466 e. The van der Waals surface area contributed by atoms with Gasteiger partial charge in [0, 0.05) is 30.3 Å². The maximum atomic E-state index is 10.5. The molecule has 1 saturated heterocycles. The molecule has 0 aromatic rings. The van der Waals surface area contributed by atoms with Crippen molar-refractivity contribution in [1.82, 2.24) is 0 Å². The molecule has 1 rings (SSSR count). The van der Waals surface area contributed by atoms with Crippen molar-refractivity contribution in [3.05, 3.63) is 0 Å². The molecule has 0 N–H and O–H groups in total. The summed E-state index contributed by atoms with van der Waals surface area (Å²) in [6, 6.07) is 0. The summed E-state index contributed by atoms with van der Waals surface area (Å²) in [6.45, 7) is 0.638. The fraction of sp³-hybridized carbons (Fsp3) is 0.833. The molecule has 3 heteroatoms. The van der Waals surface area contributed by atoms with E-state index in [9.17, 15) is 4.79 Å². The van der Waals surface area contributed by atoms with Crippen LogP contribution < -0.4 is 0 Å². The average molecular weight is 233 g/mol. The molecule has 0 aliphatic carbocycles. The van der Waals surface area contributed by atoms with Gasteiger partial charge in [0.1, 0.15) is 0 Å². The minimum absolute atomic E-state index is 0. The van der Waals surface area contributed by atoms with Crippen LogP contribution in [0.5, 0.6) is 0 Å². The second-order valence-electron chi connectivity index (χ2n) is 2.03. The summed E-state index contributed by atoms with van der Waals surface area (Å²) in [5.41, 5.74) is 0. The first-order valence-electron chi connectivity index (χ1n) is 3.05. The zero-order valence-electron chi connectivity index (χ0n) is 5.35. The molecule has 9 heavy (non-hydrogen) atoms. The van der Waals surface area contributed by atoms with Gasteiger partial charge >= 0.3 is 5.97 Å². The fourth-order valence-electron chi connectivity index (χ4n) is 0.806. The number of rotatable bonds is 0. The summed E-state index contributed by atoms with van der Waals surface area (Å²) < 4.78 is 4.76. The number of esters is 1. The van der Waals surface area contributed by atoms with Gasteiger partial charge in [0.2, 0.25) is 0 Å². The van der Waals surface area contributed by atoms with Crippen molar-refractivity contribution in [3.8, 4) is 0 Å². The second kappa shape index (κ2) is 5.09. The van der Waals surface area contributed by atoms with E-state index in [0.29, 0.717) is 13.0 Å². The Kier molecular flexibility index (Phi) is 5.24. The molecule has 0 aromatic heterocycles. The summed E-state index contributed by atoms with van der Waals surface area (Å²) >= 11 is 0. The summed E-state index contributed by atoms with van der Waals surface area (Å²) in [7, 11) is 0. The van der Waals surface area contributed by atoms with Gasteiger partial charge in [-0.1, -0.05) is 0 Å². The van der Waals surface area contributed by atoms with E-state index in [4.69, 9.17) is 4.74 Å². The summed E-state index contributed by atoms with van der Waals surface area (Å²) in [6.07, 6.45) is 3.83. The van der Waals surface area contributed by atoms with Gasteiger partial charge in [-0.15, -0.1) is 0 Å². The van der Waals surface area contributed by atoms with Gasteiger partial charge in [0.15, 0.2) is 0 Å². The third-order valence-corrected chi connectivity index (χ3v) is 1.29. The molecule has 0 unspecified atom stereocenters. The molecule has 0 spiro atoms. The van der Waals surface area contributed by atoms with Crippen molar-refractivity contribution in [1.29, 1.82) is 0 Å². The van der Waals surface area contributed by atoms with Gasteiger partial charge in [-0.3, -0.25) is 4.79 Å². The third-order valence-electron chi connectivity index (χ3n) is 1.29. The Morgan fingerprint density at radius 2 is 2.00 bits per heavy atom. The van der Waals surface area contributed by atoms with Gasteiger partial charge in [-0.25, -0.2) is 0 Å². The van der Waals surface area contributed by atoms with Crippen molar-refractivity contribution in [2.24, 2.45) is 0 Å². The van der Waals surface area contributed by atoms with Crippen molar-refractivity contribution in [2.75, 3.05) is 6.61 Å². The zero-order chi connectivity index (χ0) is 5.82. The molecule has 2 nitrogen and oxygen atoms in total. The van der Waals surface area contributed by atoms with E-state index in [1.165, 1.54) is 0 Å². The summed E-state index contributed by atoms with van der Waals surface area (Å²) in [4.78, 5) is 10.5. The molecule has 1 heterocycles. The molecular formula is C6H10O2Sn. The summed E-state index contributed by atoms with van der Waals surface area (Å²) in [5, 5.41) is 0. The number of carbonyl (C=O) groups excluding carboxylic acids is 1. The Bertz CT molecular complexity index is 83.1. The van der Waals surface area contributed by atoms with Crippen LogP contribution in [-0.2, 0) is 9.53 Å². The van der Waals surface area contributed by atoms with Crippen LogP contribution in [0.25, 0.3) is 0 Å². The monoisotopic (exact) mass is 234 g/mol. The van der Waals surface area contributed by atoms with Crippen LogP contribution in [0.3, 0.4) is 0 Å². The van der Waals surface area contributed by atoms with Crippen LogP contribution >= 0.6 is 0 Å². The van der Waals surface area contributed by atoms with Gasteiger partial charge < -0.3 is 4.74 Å². The van der Waals surface area contributed by atoms with Crippen LogP contribution in [-0.4, -0.2) is 36.5 Å². The normalized spacial score (nSPS) is 19.3. The number of hydrogen-bond donors (Lipinski definition) is 0. The van der Waals surface area contributed by atoms with Gasteiger partial charge in [0.25, 0.3) is 0 Å². The quantitative estimate of drug-likeness (QED) is 0.455. The molecule has 0 atom stereocenters. The van der Waals surface area contributed by atoms with E-state index >= 15 is 0 Å². The largest absolute Gasteiger partial charge is 0.466 e. The molecule has 0 saturated carbocycles. The van der Waals surface area contributed by atoms with Crippen LogP contribution in [0, 0.1) is 0 Å². The molecule has 1 aliphatic rings. The molecule has 1 aliphatic heterocycles. The topological polar surface area (TPSA) is 26.3 Å². The third kappa shape index (κ3) is 3.78. The van der Waals surface area contributed by atoms with E-state index in [1.54, 1.807) is 0 Å². The number of carbonyl (C=O) groups is 1. The Hall–Kier alpha value is 0.269. The standard InChI is InChI=1S/C6H10O2.Sn/c7-6-4-2-1-3-5-8-6;/h1-5H2;. The predicted octanol–water partition coefficient (Wildman–Crippen LogP) is 0.723. The minimum atomic E-state index is -0.0255. The predicted molar refractivity (Wildman–Crippen MR) is 35.2 cm³/mol. The molecular weight excluding hydrogens is 223 g/mol. The Balaban J connectivity index is 0.000000640. The van der Waals surface area contributed by atoms with Gasteiger partial charge in [-0.2, -0.15) is 0 Å². The van der Waals surface area contributed by atoms with Gasteiger partial charge in [-0.05, 0) is 19.3 Å². The van der Waals surface area contributed by atoms with E-state index in [-0.39, 0.29) is 29.9 Å². The van der Waals surface area contributed by atoms with E-state index in [1.807, 2.05) is 0 Å². The SMILES string of the molecule is O=C1CCCCCO1.[Sn]. The second-order valence-corrected chi connectivity index (χ2v) is 2.03. The Labute approximate surface area is 71.9 Å². The zero-order valence-corrected chi connectivity index (χ0v) is 8.21. The first-order valence-corrected chi connectivity index (χ1v) is 3.05. The Morgan fingerprint density at radius 1 is 1.22 bits per heavy atom. The molecule has 0 aromatic carbocycles. The van der Waals surface area contributed by atoms with E-state index in [2.05, 4.69) is 0 Å². The van der Waals surface area contributed by atoms with Crippen LogP contribution in [0.4, 0.5) is 0 Å². The van der Waals surface area contributed by atoms with E-state index in [0.717, 1.165) is 19.3 Å². The van der Waals surface area contributed by atoms with Crippen LogP contribution in [0.1, 0.15) is 25.7 Å². The van der Waals surface area contributed by atoms with Crippen molar-refractivity contribution >= 4 is 29.9 Å². The Morgan fingerprint density at radius 3 is 2.78 bits per heavy atom. The molecule has 1 fully saturated rings. The van der Waals surface area contributed by atoms with Crippen molar-refractivity contribution < 1.29 is 9.53 Å². The fourth-order valence-corrected chi connectivity index (χ4v) is 0.806. The first-order chi connectivity index (χ1) is 3.89. The van der Waals surface area contributed by atoms with E-state index < -0.39 is 0 Å². The molecule has 4 radical (unpaired) electrons.